The van der Waals surface area contributed by atoms with Gasteiger partial charge in [0.15, 0.2) is 29.6 Å². The number of nitrogens with one attached hydrogen (secondary N) is 1. The number of fused-ring (bicyclic) bond motifs is 1. The quantitative estimate of drug-likeness (QED) is 0.282. The number of nitrogens with zero attached hydrogens (tertiary/aromatic N) is 3. The van der Waals surface area contributed by atoms with E-state index in [0.29, 0.717) is 6.42 Å². The fourth-order valence-electron chi connectivity index (χ4n) is 3.52. The smallest absolute Gasteiger partial charge is 0.303 e. The summed E-state index contributed by atoms with van der Waals surface area (Å²) in [6.07, 6.45) is -3.05. The molecule has 14 nitrogen and oxygen atoms in total. The van der Waals surface area contributed by atoms with E-state index in [2.05, 4.69) is 15.0 Å². The van der Waals surface area contributed by atoms with E-state index in [4.69, 9.17) is 29.4 Å². The van der Waals surface area contributed by atoms with Crippen molar-refractivity contribution in [2.75, 3.05) is 18.9 Å². The molecule has 3 heterocycles. The molecular formula is C20H27N5O9. The van der Waals surface area contributed by atoms with E-state index < -0.39 is 48.0 Å². The lowest BCUT2D eigenvalue weighted by Gasteiger charge is -2.24. The van der Waals surface area contributed by atoms with Gasteiger partial charge in [0, 0.05) is 20.8 Å². The summed E-state index contributed by atoms with van der Waals surface area (Å²) in [6, 6.07) is -0.0380. The van der Waals surface area contributed by atoms with Crippen molar-refractivity contribution in [2.45, 2.75) is 65.1 Å². The van der Waals surface area contributed by atoms with Crippen LogP contribution in [0.4, 0.5) is 5.95 Å². The monoisotopic (exact) mass is 481 g/mol. The minimum absolute atomic E-state index is 0.00427. The Morgan fingerprint density at radius 2 is 1.76 bits per heavy atom. The summed E-state index contributed by atoms with van der Waals surface area (Å²) in [7, 11) is 0. The number of rotatable bonds is 9. The summed E-state index contributed by atoms with van der Waals surface area (Å²) in [5, 5.41) is 0. The van der Waals surface area contributed by atoms with E-state index in [-0.39, 0.29) is 36.3 Å². The maximum atomic E-state index is 12.5. The Hall–Kier alpha value is -3.68. The van der Waals surface area contributed by atoms with Gasteiger partial charge in [-0.3, -0.25) is 24.2 Å². The first-order chi connectivity index (χ1) is 16.1. The number of esters is 3. The second-order valence-corrected chi connectivity index (χ2v) is 7.61. The van der Waals surface area contributed by atoms with Gasteiger partial charge in [0.2, 0.25) is 5.95 Å². The van der Waals surface area contributed by atoms with Crippen LogP contribution in [0.5, 0.6) is 6.01 Å². The standard InChI is InChI=1S/C20H27N5O9/c1-5-6-7-30-20-22-13-16(23-19(21)24-17(13)29)25(20)18-15(33-11(4)28)14(32-10(3)27)12(34-18)8-31-9(2)26/h12,14-15,18H,5-8H2,1-4H3,(H3,21,23,24,29)/t12-,14+,15-,18-/m1/s1. The average Bonchev–Trinajstić information content (AvgIpc) is 3.24. The van der Waals surface area contributed by atoms with Crippen molar-refractivity contribution in [3.8, 4) is 6.01 Å². The van der Waals surface area contributed by atoms with Crippen molar-refractivity contribution in [1.29, 1.82) is 0 Å². The number of unbranched alkanes of at least 4 members (excludes halogenated alkanes) is 1. The van der Waals surface area contributed by atoms with E-state index in [1.54, 1.807) is 0 Å². The average molecular weight is 481 g/mol. The van der Waals surface area contributed by atoms with E-state index in [0.717, 1.165) is 6.42 Å². The van der Waals surface area contributed by atoms with Crippen LogP contribution in [0.25, 0.3) is 11.2 Å². The molecule has 0 unspecified atom stereocenters. The first-order valence-corrected chi connectivity index (χ1v) is 10.7. The van der Waals surface area contributed by atoms with Crippen LogP contribution in [0, 0.1) is 0 Å². The molecule has 0 bridgehead atoms. The van der Waals surface area contributed by atoms with Gasteiger partial charge in [-0.1, -0.05) is 13.3 Å². The minimum Gasteiger partial charge on any atom is -0.465 e. The number of aromatic amines is 1. The van der Waals surface area contributed by atoms with E-state index in [1.807, 2.05) is 6.92 Å². The Morgan fingerprint density at radius 1 is 1.09 bits per heavy atom. The highest BCUT2D eigenvalue weighted by molar-refractivity contribution is 5.73. The molecule has 2 aromatic rings. The first kappa shape index (κ1) is 25.0. The van der Waals surface area contributed by atoms with Gasteiger partial charge in [0.05, 0.1) is 6.61 Å². The van der Waals surface area contributed by atoms with Gasteiger partial charge < -0.3 is 29.4 Å². The molecule has 2 aromatic heterocycles. The summed E-state index contributed by atoms with van der Waals surface area (Å²) >= 11 is 0. The van der Waals surface area contributed by atoms with Crippen molar-refractivity contribution in [1.82, 2.24) is 19.5 Å². The SMILES string of the molecule is CCCCOc1nc2c(=O)[nH]c(N)nc2n1[C@@H]1O[C@H](COC(C)=O)[C@H](OC(C)=O)[C@H]1OC(C)=O. The van der Waals surface area contributed by atoms with Crippen LogP contribution in [0.15, 0.2) is 4.79 Å². The summed E-state index contributed by atoms with van der Waals surface area (Å²) in [4.78, 5) is 58.3. The maximum Gasteiger partial charge on any atom is 0.303 e. The lowest BCUT2D eigenvalue weighted by atomic mass is 10.1. The third kappa shape index (κ3) is 5.44. The van der Waals surface area contributed by atoms with Gasteiger partial charge in [-0.15, -0.1) is 0 Å². The number of nitrogen functional groups attached to an aromatic ring is 1. The number of H-pyrrole nitrogens is 1. The molecule has 0 amide bonds. The molecule has 4 atom stereocenters. The second-order valence-electron chi connectivity index (χ2n) is 7.61. The van der Waals surface area contributed by atoms with Gasteiger partial charge in [-0.25, -0.2) is 4.57 Å². The molecule has 0 spiro atoms. The molecule has 0 saturated carbocycles. The first-order valence-electron chi connectivity index (χ1n) is 10.7. The Labute approximate surface area is 193 Å². The zero-order valence-electron chi connectivity index (χ0n) is 19.2. The van der Waals surface area contributed by atoms with Crippen LogP contribution in [0.2, 0.25) is 0 Å². The molecule has 186 valence electrons. The predicted octanol–water partition coefficient (Wildman–Crippen LogP) is 0.205. The molecule has 14 heteroatoms. The molecule has 3 rings (SSSR count). The third-order valence-corrected chi connectivity index (χ3v) is 4.86. The van der Waals surface area contributed by atoms with Crippen LogP contribution in [-0.2, 0) is 33.3 Å². The lowest BCUT2D eigenvalue weighted by Crippen LogP contribution is -2.40. The van der Waals surface area contributed by atoms with Gasteiger partial charge in [-0.05, 0) is 6.42 Å². The zero-order chi connectivity index (χ0) is 25.0. The number of imidazole rings is 1. The summed E-state index contributed by atoms with van der Waals surface area (Å²) in [5.74, 6) is -2.14. The Kier molecular flexibility index (Phi) is 7.71. The summed E-state index contributed by atoms with van der Waals surface area (Å²) in [5.41, 5.74) is 5.04. The number of carbonyl (C=O) groups excluding carboxylic acids is 3. The fourth-order valence-corrected chi connectivity index (χ4v) is 3.52. The minimum atomic E-state index is -1.21. The van der Waals surface area contributed by atoms with Gasteiger partial charge in [-0.2, -0.15) is 9.97 Å². The van der Waals surface area contributed by atoms with Crippen molar-refractivity contribution < 1.29 is 38.1 Å². The molecule has 0 aromatic carbocycles. The molecule has 34 heavy (non-hydrogen) atoms. The van der Waals surface area contributed by atoms with E-state index >= 15 is 0 Å². The van der Waals surface area contributed by atoms with Crippen LogP contribution >= 0.6 is 0 Å². The van der Waals surface area contributed by atoms with Crippen LogP contribution < -0.4 is 16.0 Å². The Balaban J connectivity index is 2.14. The van der Waals surface area contributed by atoms with E-state index in [1.165, 1.54) is 25.3 Å². The van der Waals surface area contributed by atoms with Crippen LogP contribution in [0.1, 0.15) is 46.8 Å². The normalized spacial score (nSPS) is 21.9. The highest BCUT2D eigenvalue weighted by Gasteiger charge is 2.52. The number of hydrogen-bond acceptors (Lipinski definition) is 12. The largest absolute Gasteiger partial charge is 0.465 e. The van der Waals surface area contributed by atoms with Crippen molar-refractivity contribution in [3.05, 3.63) is 10.4 Å². The van der Waals surface area contributed by atoms with Crippen LogP contribution in [0.3, 0.4) is 0 Å². The number of hydrogen-bond donors (Lipinski definition) is 2. The topological polar surface area (TPSA) is 187 Å². The zero-order valence-corrected chi connectivity index (χ0v) is 19.2. The highest BCUT2D eigenvalue weighted by Crippen LogP contribution is 2.38. The van der Waals surface area contributed by atoms with Gasteiger partial charge in [0.1, 0.15) is 12.7 Å². The molecule has 1 aliphatic heterocycles. The highest BCUT2D eigenvalue weighted by atomic mass is 16.7. The van der Waals surface area contributed by atoms with Gasteiger partial charge >= 0.3 is 23.9 Å². The number of ether oxygens (including phenoxy) is 5. The predicted molar refractivity (Wildman–Crippen MR) is 115 cm³/mol. The van der Waals surface area contributed by atoms with Gasteiger partial charge in [0.25, 0.3) is 5.56 Å². The van der Waals surface area contributed by atoms with Crippen molar-refractivity contribution in [3.63, 3.8) is 0 Å². The summed E-state index contributed by atoms with van der Waals surface area (Å²) < 4.78 is 29.0. The molecule has 0 aliphatic carbocycles. The van der Waals surface area contributed by atoms with E-state index in [9.17, 15) is 19.2 Å². The molecule has 1 fully saturated rings. The second kappa shape index (κ2) is 10.5. The van der Waals surface area contributed by atoms with Crippen molar-refractivity contribution >= 4 is 35.0 Å². The molecular weight excluding hydrogens is 454 g/mol. The molecule has 1 saturated heterocycles. The summed E-state index contributed by atoms with van der Waals surface area (Å²) in [6.45, 7) is 5.50. The molecule has 0 radical (unpaired) electrons. The van der Waals surface area contributed by atoms with Crippen LogP contribution in [-0.4, -0.2) is 69.0 Å². The lowest BCUT2D eigenvalue weighted by molar-refractivity contribution is -0.166. The maximum absolute atomic E-state index is 12.5. The Morgan fingerprint density at radius 3 is 2.38 bits per heavy atom. The third-order valence-electron chi connectivity index (χ3n) is 4.86. The number of nitrogens with two attached hydrogens (primary N) is 1. The fraction of sp³-hybridized carbons (Fsp3) is 0.600. The number of anilines is 1. The number of aromatic nitrogens is 4. The Bertz CT molecular complexity index is 1130. The molecule has 3 N–H and O–H groups in total. The number of carbonyl (C=O) groups is 3. The van der Waals surface area contributed by atoms with Crippen molar-refractivity contribution in [2.24, 2.45) is 0 Å². The molecule has 1 aliphatic rings.